The van der Waals surface area contributed by atoms with Crippen molar-refractivity contribution in [3.05, 3.63) is 63.3 Å². The summed E-state index contributed by atoms with van der Waals surface area (Å²) >= 11 is 0. The van der Waals surface area contributed by atoms with Gasteiger partial charge in [-0.3, -0.25) is 9.48 Å². The maximum absolute atomic E-state index is 13.1. The summed E-state index contributed by atoms with van der Waals surface area (Å²) in [5.41, 5.74) is 6.10. The lowest BCUT2D eigenvalue weighted by atomic mass is 10.1. The largest absolute Gasteiger partial charge is 0.488 e. The van der Waals surface area contributed by atoms with Gasteiger partial charge in [-0.15, -0.1) is 0 Å². The number of ether oxygens (including phenoxy) is 1. The van der Waals surface area contributed by atoms with Crippen LogP contribution in [0.1, 0.15) is 49.9 Å². The predicted octanol–water partition coefficient (Wildman–Crippen LogP) is 3.80. The van der Waals surface area contributed by atoms with Crippen LogP contribution in [0.3, 0.4) is 0 Å². The average molecular weight is 396 g/mol. The van der Waals surface area contributed by atoms with E-state index in [-0.39, 0.29) is 18.2 Å². The molecule has 0 aliphatic heterocycles. The summed E-state index contributed by atoms with van der Waals surface area (Å²) in [6.45, 7) is 10.4. The van der Waals surface area contributed by atoms with Crippen molar-refractivity contribution in [2.75, 3.05) is 7.05 Å². The van der Waals surface area contributed by atoms with Gasteiger partial charge < -0.3 is 14.2 Å². The summed E-state index contributed by atoms with van der Waals surface area (Å²) in [4.78, 5) is 14.7. The number of amides is 1. The van der Waals surface area contributed by atoms with Crippen LogP contribution in [-0.2, 0) is 20.2 Å². The van der Waals surface area contributed by atoms with Crippen LogP contribution in [0.2, 0.25) is 0 Å². The van der Waals surface area contributed by atoms with Crippen molar-refractivity contribution in [3.63, 3.8) is 0 Å². The molecule has 154 valence electrons. The minimum atomic E-state index is -0.205. The highest BCUT2D eigenvalue weighted by atomic mass is 16.5. The van der Waals surface area contributed by atoms with Gasteiger partial charge in [0.15, 0.2) is 5.69 Å². The Morgan fingerprint density at radius 3 is 2.55 bits per heavy atom. The van der Waals surface area contributed by atoms with Crippen molar-refractivity contribution in [1.82, 2.24) is 19.8 Å². The van der Waals surface area contributed by atoms with Crippen LogP contribution >= 0.6 is 0 Å². The lowest BCUT2D eigenvalue weighted by Gasteiger charge is -2.17. The third-order valence-corrected chi connectivity index (χ3v) is 5.30. The van der Waals surface area contributed by atoms with Crippen LogP contribution < -0.4 is 4.74 Å². The molecule has 0 aliphatic rings. The Hall–Kier alpha value is -3.09. The second-order valence-electron chi connectivity index (χ2n) is 7.56. The molecule has 7 heteroatoms. The molecule has 2 heterocycles. The van der Waals surface area contributed by atoms with E-state index in [1.165, 1.54) is 0 Å². The van der Waals surface area contributed by atoms with Gasteiger partial charge in [0.1, 0.15) is 18.1 Å². The van der Waals surface area contributed by atoms with Gasteiger partial charge in [-0.25, -0.2) is 0 Å². The molecule has 0 unspecified atom stereocenters. The van der Waals surface area contributed by atoms with Crippen molar-refractivity contribution in [3.8, 4) is 5.75 Å². The van der Waals surface area contributed by atoms with Gasteiger partial charge in [-0.05, 0) is 51.8 Å². The van der Waals surface area contributed by atoms with Crippen LogP contribution in [0.15, 0.2) is 22.7 Å². The lowest BCUT2D eigenvalue weighted by Crippen LogP contribution is -2.28. The van der Waals surface area contributed by atoms with E-state index >= 15 is 0 Å². The maximum Gasteiger partial charge on any atom is 0.276 e. The van der Waals surface area contributed by atoms with Gasteiger partial charge in [0.05, 0.1) is 11.3 Å². The van der Waals surface area contributed by atoms with E-state index in [1.807, 2.05) is 57.6 Å². The molecule has 0 spiro atoms. The predicted molar refractivity (Wildman–Crippen MR) is 110 cm³/mol. The molecule has 1 aromatic carbocycles. The minimum Gasteiger partial charge on any atom is -0.488 e. The Kier molecular flexibility index (Phi) is 5.77. The van der Waals surface area contributed by atoms with Gasteiger partial charge in [-0.1, -0.05) is 17.3 Å². The molecule has 0 N–H and O–H groups in total. The number of hydrogen-bond acceptors (Lipinski definition) is 5. The van der Waals surface area contributed by atoms with Crippen LogP contribution in [0.4, 0.5) is 0 Å². The molecule has 0 saturated heterocycles. The number of nitrogens with zero attached hydrogens (tertiary/aromatic N) is 4. The van der Waals surface area contributed by atoms with Crippen LogP contribution in [0.5, 0.6) is 5.75 Å². The van der Waals surface area contributed by atoms with E-state index in [4.69, 9.17) is 9.26 Å². The van der Waals surface area contributed by atoms with E-state index in [1.54, 1.807) is 18.9 Å². The number of hydrogen-bond donors (Lipinski definition) is 0. The molecule has 0 saturated carbocycles. The van der Waals surface area contributed by atoms with Crippen molar-refractivity contribution >= 4 is 5.91 Å². The van der Waals surface area contributed by atoms with E-state index in [2.05, 4.69) is 10.3 Å². The van der Waals surface area contributed by atoms with E-state index in [9.17, 15) is 4.79 Å². The highest BCUT2D eigenvalue weighted by Gasteiger charge is 2.25. The molecule has 3 aromatic rings. The van der Waals surface area contributed by atoms with Gasteiger partial charge in [0.25, 0.3) is 5.91 Å². The summed E-state index contributed by atoms with van der Waals surface area (Å²) in [5, 5.41) is 8.43. The summed E-state index contributed by atoms with van der Waals surface area (Å²) in [6.07, 6.45) is 0. The molecular weight excluding hydrogens is 368 g/mol. The van der Waals surface area contributed by atoms with Crippen LogP contribution in [-0.4, -0.2) is 32.8 Å². The second-order valence-corrected chi connectivity index (χ2v) is 7.56. The second kappa shape index (κ2) is 8.11. The number of carbonyl (C=O) groups is 1. The Morgan fingerprint density at radius 1 is 1.17 bits per heavy atom. The van der Waals surface area contributed by atoms with Crippen molar-refractivity contribution in [2.24, 2.45) is 7.05 Å². The zero-order valence-electron chi connectivity index (χ0n) is 18.2. The molecule has 3 rings (SSSR count). The third kappa shape index (κ3) is 4.18. The van der Waals surface area contributed by atoms with E-state index < -0.39 is 0 Å². The highest BCUT2D eigenvalue weighted by Crippen LogP contribution is 2.23. The number of aromatic nitrogens is 3. The number of benzene rings is 1. The summed E-state index contributed by atoms with van der Waals surface area (Å²) < 4.78 is 13.1. The fourth-order valence-corrected chi connectivity index (χ4v) is 3.28. The van der Waals surface area contributed by atoms with E-state index in [0.717, 1.165) is 33.8 Å². The van der Waals surface area contributed by atoms with Crippen LogP contribution in [0.25, 0.3) is 0 Å². The monoisotopic (exact) mass is 396 g/mol. The number of rotatable bonds is 6. The zero-order chi connectivity index (χ0) is 21.3. The molecule has 2 aromatic heterocycles. The molecule has 1 amide bonds. The summed E-state index contributed by atoms with van der Waals surface area (Å²) in [5.74, 6) is 1.17. The van der Waals surface area contributed by atoms with Crippen molar-refractivity contribution in [2.45, 2.75) is 47.8 Å². The van der Waals surface area contributed by atoms with Gasteiger partial charge in [-0.2, -0.15) is 5.10 Å². The molecule has 0 bridgehead atoms. The Balaban J connectivity index is 1.79. The first-order valence-electron chi connectivity index (χ1n) is 9.58. The van der Waals surface area contributed by atoms with Gasteiger partial charge in [0.2, 0.25) is 0 Å². The van der Waals surface area contributed by atoms with Crippen LogP contribution in [0, 0.1) is 34.6 Å². The lowest BCUT2D eigenvalue weighted by molar-refractivity contribution is 0.0772. The highest BCUT2D eigenvalue weighted by molar-refractivity contribution is 5.93. The molecule has 29 heavy (non-hydrogen) atoms. The summed E-state index contributed by atoms with van der Waals surface area (Å²) in [6, 6.07) is 6.04. The van der Waals surface area contributed by atoms with E-state index in [0.29, 0.717) is 17.9 Å². The standard InChI is InChI=1S/C22H28N4O3/c1-13-8-9-14(2)20(10-13)28-12-19-17(5)29-24-21(19)22(27)25(6)11-18-15(3)23-26(7)16(18)4/h8-10H,11-12H2,1-7H3. The van der Waals surface area contributed by atoms with Gasteiger partial charge in [0, 0.05) is 31.9 Å². The van der Waals surface area contributed by atoms with Crippen molar-refractivity contribution in [1.29, 1.82) is 0 Å². The topological polar surface area (TPSA) is 73.4 Å². The normalized spacial score (nSPS) is 11.0. The fourth-order valence-electron chi connectivity index (χ4n) is 3.28. The molecule has 7 nitrogen and oxygen atoms in total. The first kappa shape index (κ1) is 20.6. The first-order valence-corrected chi connectivity index (χ1v) is 9.58. The maximum atomic E-state index is 13.1. The Labute approximate surface area is 171 Å². The molecule has 0 aliphatic carbocycles. The van der Waals surface area contributed by atoms with Gasteiger partial charge >= 0.3 is 0 Å². The minimum absolute atomic E-state index is 0.205. The summed E-state index contributed by atoms with van der Waals surface area (Å²) in [7, 11) is 3.66. The fraction of sp³-hybridized carbons (Fsp3) is 0.409. The SMILES string of the molecule is Cc1ccc(C)c(OCc2c(C(=O)N(C)Cc3c(C)nn(C)c3C)noc2C)c1. The molecule has 0 atom stereocenters. The molecule has 0 fully saturated rings. The molecular formula is C22H28N4O3. The third-order valence-electron chi connectivity index (χ3n) is 5.30. The smallest absolute Gasteiger partial charge is 0.276 e. The Morgan fingerprint density at radius 2 is 1.90 bits per heavy atom. The molecule has 0 radical (unpaired) electrons. The first-order chi connectivity index (χ1) is 13.7. The quantitative estimate of drug-likeness (QED) is 0.634. The number of aryl methyl sites for hydroxylation is 5. The number of carbonyl (C=O) groups excluding carboxylic acids is 1. The Bertz CT molecular complexity index is 1050. The zero-order valence-corrected chi connectivity index (χ0v) is 18.2. The van der Waals surface area contributed by atoms with Crippen molar-refractivity contribution < 1.29 is 14.1 Å². The average Bonchev–Trinajstić information content (AvgIpc) is 3.15.